The molecule has 1 amide bonds. The van der Waals surface area contributed by atoms with Crippen LogP contribution in [0.1, 0.15) is 32.0 Å². The van der Waals surface area contributed by atoms with Crippen molar-refractivity contribution in [3.05, 3.63) is 42.0 Å². The number of aryl methyl sites for hydroxylation is 1. The number of carbonyl (C=O) groups is 1. The maximum Gasteiger partial charge on any atom is 0.239 e. The van der Waals surface area contributed by atoms with Gasteiger partial charge in [0.1, 0.15) is 11.5 Å². The number of para-hydroxylation sites is 1. The van der Waals surface area contributed by atoms with Gasteiger partial charge in [0.2, 0.25) is 11.8 Å². The molecule has 1 unspecified atom stereocenters. The molecule has 0 aliphatic rings. The molecule has 0 radical (unpaired) electrons. The number of nitrogens with one attached hydrogen (secondary N) is 1. The molecule has 1 atom stereocenters. The fraction of sp³-hybridized carbons (Fsp3) is 0.438. The predicted molar refractivity (Wildman–Crippen MR) is 89.2 cm³/mol. The Labute approximate surface area is 138 Å². The minimum atomic E-state index is -1.38. The molecule has 2 rings (SSSR count). The molecule has 0 saturated carbocycles. The van der Waals surface area contributed by atoms with Crippen molar-refractivity contribution in [2.75, 3.05) is 11.1 Å². The van der Waals surface area contributed by atoms with E-state index in [0.717, 1.165) is 12.8 Å². The number of hydrogen-bond acceptors (Lipinski definition) is 5. The highest BCUT2D eigenvalue weighted by Crippen LogP contribution is 2.09. The topological polar surface area (TPSA) is 85.1 Å². The summed E-state index contributed by atoms with van der Waals surface area (Å²) in [4.78, 5) is 16.0. The Kier molecular flexibility index (Phi) is 6.46. The Morgan fingerprint density at radius 1 is 1.30 bits per heavy atom. The molecule has 0 spiro atoms. The van der Waals surface area contributed by atoms with Gasteiger partial charge in [-0.25, -0.2) is 0 Å². The number of aromatic nitrogens is 2. The molecule has 0 aliphatic carbocycles. The highest BCUT2D eigenvalue weighted by molar-refractivity contribution is 7.84. The second kappa shape index (κ2) is 8.57. The largest absolute Gasteiger partial charge is 0.338 e. The maximum atomic E-state index is 12.0. The molecule has 1 aromatic carbocycles. The van der Waals surface area contributed by atoms with Gasteiger partial charge in [0.15, 0.2) is 5.82 Å². The molecule has 1 aromatic heterocycles. The molecule has 1 N–H and O–H groups in total. The smallest absolute Gasteiger partial charge is 0.239 e. The molecule has 124 valence electrons. The Hall–Kier alpha value is -2.02. The Bertz CT molecular complexity index is 656. The molecule has 2 aromatic rings. The first kappa shape index (κ1) is 17.3. The van der Waals surface area contributed by atoms with E-state index in [9.17, 15) is 9.00 Å². The summed E-state index contributed by atoms with van der Waals surface area (Å²) in [7, 11) is -1.38. The number of rotatable bonds is 8. The lowest BCUT2D eigenvalue weighted by Gasteiger charge is -2.03. The van der Waals surface area contributed by atoms with Gasteiger partial charge in [-0.15, -0.1) is 0 Å². The van der Waals surface area contributed by atoms with Gasteiger partial charge >= 0.3 is 0 Å². The Morgan fingerprint density at radius 3 is 2.74 bits per heavy atom. The van der Waals surface area contributed by atoms with Crippen LogP contribution in [0, 0.1) is 5.92 Å². The summed E-state index contributed by atoms with van der Waals surface area (Å²) < 4.78 is 17.1. The van der Waals surface area contributed by atoms with Gasteiger partial charge in [0.25, 0.3) is 0 Å². The standard InChI is InChI=1S/C16H21N3O3S/c1-12(2)8-9-14-18-16(22-19-14)11-23(21)10-15(20)17-13-6-4-3-5-7-13/h3-7,12H,8-11H2,1-2H3,(H,17,20). The van der Waals surface area contributed by atoms with Crippen LogP contribution in [-0.4, -0.2) is 26.0 Å². The molecule has 1 heterocycles. The molecular weight excluding hydrogens is 314 g/mol. The molecule has 6 nitrogen and oxygen atoms in total. The molecule has 23 heavy (non-hydrogen) atoms. The van der Waals surface area contributed by atoms with E-state index in [2.05, 4.69) is 29.3 Å². The van der Waals surface area contributed by atoms with Crippen LogP contribution in [-0.2, 0) is 27.8 Å². The van der Waals surface area contributed by atoms with Crippen molar-refractivity contribution in [2.45, 2.75) is 32.4 Å². The zero-order valence-corrected chi connectivity index (χ0v) is 14.1. The monoisotopic (exact) mass is 335 g/mol. The van der Waals surface area contributed by atoms with Crippen LogP contribution in [0.5, 0.6) is 0 Å². The maximum absolute atomic E-state index is 12.0. The van der Waals surface area contributed by atoms with Crippen molar-refractivity contribution in [1.82, 2.24) is 10.1 Å². The van der Waals surface area contributed by atoms with Crippen LogP contribution in [0.15, 0.2) is 34.9 Å². The first-order chi connectivity index (χ1) is 11.0. The number of hydrogen-bond donors (Lipinski definition) is 1. The fourth-order valence-electron chi connectivity index (χ4n) is 1.92. The lowest BCUT2D eigenvalue weighted by molar-refractivity contribution is -0.113. The van der Waals surface area contributed by atoms with Crippen molar-refractivity contribution < 1.29 is 13.5 Å². The Morgan fingerprint density at radius 2 is 2.04 bits per heavy atom. The van der Waals surface area contributed by atoms with Crippen LogP contribution in [0.2, 0.25) is 0 Å². The first-order valence-corrected chi connectivity index (χ1v) is 9.03. The first-order valence-electron chi connectivity index (χ1n) is 7.54. The summed E-state index contributed by atoms with van der Waals surface area (Å²) >= 11 is 0. The average Bonchev–Trinajstić information content (AvgIpc) is 2.93. The third kappa shape index (κ3) is 6.32. The second-order valence-corrected chi connectivity index (χ2v) is 7.14. The zero-order valence-electron chi connectivity index (χ0n) is 13.3. The Balaban J connectivity index is 1.79. The zero-order chi connectivity index (χ0) is 16.7. The predicted octanol–water partition coefficient (Wildman–Crippen LogP) is 2.55. The van der Waals surface area contributed by atoms with Gasteiger partial charge in [0.05, 0.1) is 0 Å². The molecule has 0 fully saturated rings. The van der Waals surface area contributed by atoms with Crippen molar-refractivity contribution in [2.24, 2.45) is 5.92 Å². The molecule has 0 aliphatic heterocycles. The number of nitrogens with zero attached hydrogens (tertiary/aromatic N) is 2. The number of anilines is 1. The molecular formula is C16H21N3O3S. The van der Waals surface area contributed by atoms with E-state index in [4.69, 9.17) is 4.52 Å². The van der Waals surface area contributed by atoms with Gasteiger partial charge < -0.3 is 9.84 Å². The highest BCUT2D eigenvalue weighted by Gasteiger charge is 2.14. The van der Waals surface area contributed by atoms with E-state index in [1.54, 1.807) is 12.1 Å². The highest BCUT2D eigenvalue weighted by atomic mass is 32.2. The minimum absolute atomic E-state index is 0.0941. The second-order valence-electron chi connectivity index (χ2n) is 5.68. The van der Waals surface area contributed by atoms with Gasteiger partial charge in [0, 0.05) is 22.9 Å². The lowest BCUT2D eigenvalue weighted by Crippen LogP contribution is -2.20. The normalized spacial score (nSPS) is 12.3. The van der Waals surface area contributed by atoms with E-state index < -0.39 is 10.8 Å². The van der Waals surface area contributed by atoms with Crippen LogP contribution >= 0.6 is 0 Å². The van der Waals surface area contributed by atoms with E-state index in [-0.39, 0.29) is 17.4 Å². The third-order valence-electron chi connectivity index (χ3n) is 3.09. The quantitative estimate of drug-likeness (QED) is 0.801. The van der Waals surface area contributed by atoms with E-state index in [0.29, 0.717) is 23.3 Å². The van der Waals surface area contributed by atoms with Crippen molar-refractivity contribution >= 4 is 22.4 Å². The minimum Gasteiger partial charge on any atom is -0.338 e. The van der Waals surface area contributed by atoms with Crippen LogP contribution < -0.4 is 5.32 Å². The molecule has 0 saturated heterocycles. The summed E-state index contributed by atoms with van der Waals surface area (Å²) in [5.74, 6) is 1.20. The molecule has 7 heteroatoms. The van der Waals surface area contributed by atoms with Crippen LogP contribution in [0.4, 0.5) is 5.69 Å². The van der Waals surface area contributed by atoms with E-state index in [1.165, 1.54) is 0 Å². The SMILES string of the molecule is CC(C)CCc1noc(CS(=O)CC(=O)Nc2ccccc2)n1. The summed E-state index contributed by atoms with van der Waals surface area (Å²) in [6.07, 6.45) is 1.71. The number of benzene rings is 1. The number of amides is 1. The van der Waals surface area contributed by atoms with Crippen molar-refractivity contribution in [3.63, 3.8) is 0 Å². The molecule has 0 bridgehead atoms. The van der Waals surface area contributed by atoms with E-state index in [1.807, 2.05) is 18.2 Å². The average molecular weight is 335 g/mol. The van der Waals surface area contributed by atoms with Gasteiger partial charge in [-0.2, -0.15) is 4.98 Å². The number of carbonyl (C=O) groups excluding carboxylic acids is 1. The van der Waals surface area contributed by atoms with Crippen molar-refractivity contribution in [3.8, 4) is 0 Å². The summed E-state index contributed by atoms with van der Waals surface area (Å²) in [5.41, 5.74) is 0.684. The van der Waals surface area contributed by atoms with Crippen LogP contribution in [0.25, 0.3) is 0 Å². The van der Waals surface area contributed by atoms with E-state index >= 15 is 0 Å². The summed E-state index contributed by atoms with van der Waals surface area (Å²) in [5, 5.41) is 6.56. The third-order valence-corrected chi connectivity index (χ3v) is 4.24. The summed E-state index contributed by atoms with van der Waals surface area (Å²) in [6, 6.07) is 9.06. The lowest BCUT2D eigenvalue weighted by atomic mass is 10.1. The summed E-state index contributed by atoms with van der Waals surface area (Å²) in [6.45, 7) is 4.25. The van der Waals surface area contributed by atoms with Gasteiger partial charge in [-0.1, -0.05) is 37.2 Å². The van der Waals surface area contributed by atoms with Gasteiger partial charge in [-0.05, 0) is 24.5 Å². The van der Waals surface area contributed by atoms with Gasteiger partial charge in [-0.3, -0.25) is 9.00 Å². The van der Waals surface area contributed by atoms with Crippen LogP contribution in [0.3, 0.4) is 0 Å². The fourth-order valence-corrected chi connectivity index (χ4v) is 2.78. The van der Waals surface area contributed by atoms with Crippen molar-refractivity contribution in [1.29, 1.82) is 0 Å².